The zero-order chi connectivity index (χ0) is 14.7. The fourth-order valence-electron chi connectivity index (χ4n) is 1.65. The number of aliphatic imine (C=N–C) groups is 1. The fraction of sp³-hybridized carbons (Fsp3) is 0.0714. The minimum Gasteiger partial charge on any atom is -0.872 e. The zero-order valence-corrected chi connectivity index (χ0v) is 10.5. The van der Waals surface area contributed by atoms with Crippen molar-refractivity contribution >= 4 is 17.6 Å². The number of hydrogen-bond acceptors (Lipinski definition) is 4. The molecule has 5 nitrogen and oxygen atoms in total. The number of nitrogens with zero attached hydrogens (tertiary/aromatic N) is 2. The maximum absolute atomic E-state index is 12.9. The van der Waals surface area contributed by atoms with E-state index in [1.807, 2.05) is 0 Å². The molecule has 0 radical (unpaired) electrons. The van der Waals surface area contributed by atoms with Crippen LogP contribution in [0.25, 0.3) is 0 Å². The average molecular weight is 273 g/mol. The minimum atomic E-state index is -0.583. The van der Waals surface area contributed by atoms with Gasteiger partial charge in [0.25, 0.3) is 5.69 Å². The number of rotatable bonds is 3. The van der Waals surface area contributed by atoms with Crippen LogP contribution in [0.3, 0.4) is 0 Å². The Morgan fingerprint density at radius 2 is 2.00 bits per heavy atom. The van der Waals surface area contributed by atoms with Crippen molar-refractivity contribution in [3.05, 3.63) is 63.5 Å². The monoisotopic (exact) mass is 273 g/mol. The van der Waals surface area contributed by atoms with Crippen molar-refractivity contribution in [2.75, 3.05) is 0 Å². The lowest BCUT2D eigenvalue weighted by Gasteiger charge is -2.08. The predicted octanol–water partition coefficient (Wildman–Crippen LogP) is 2.87. The van der Waals surface area contributed by atoms with Crippen LogP contribution in [-0.2, 0) is 0 Å². The summed E-state index contributed by atoms with van der Waals surface area (Å²) in [5.41, 5.74) is 1.04. The lowest BCUT2D eigenvalue weighted by Crippen LogP contribution is -1.98. The second-order valence-electron chi connectivity index (χ2n) is 4.17. The molecule has 0 fully saturated rings. The normalized spacial score (nSPS) is 10.9. The summed E-state index contributed by atoms with van der Waals surface area (Å²) in [5, 5.41) is 22.2. The second kappa shape index (κ2) is 5.48. The van der Waals surface area contributed by atoms with Gasteiger partial charge in [-0.15, -0.1) is 0 Å². The van der Waals surface area contributed by atoms with E-state index in [1.165, 1.54) is 24.4 Å². The Morgan fingerprint density at radius 1 is 1.25 bits per heavy atom. The van der Waals surface area contributed by atoms with Gasteiger partial charge in [0.2, 0.25) is 0 Å². The van der Waals surface area contributed by atoms with Crippen LogP contribution in [0.15, 0.2) is 41.4 Å². The summed E-state index contributed by atoms with van der Waals surface area (Å²) < 4.78 is 12.9. The molecule has 0 saturated carbocycles. The Hall–Kier alpha value is -2.76. The summed E-state index contributed by atoms with van der Waals surface area (Å²) in [6, 6.07) is 7.47. The molecule has 6 heteroatoms. The Labute approximate surface area is 114 Å². The molecule has 0 saturated heterocycles. The second-order valence-corrected chi connectivity index (χ2v) is 4.17. The quantitative estimate of drug-likeness (QED) is 0.490. The first kappa shape index (κ1) is 13.7. The van der Waals surface area contributed by atoms with Gasteiger partial charge in [-0.3, -0.25) is 15.1 Å². The maximum atomic E-state index is 12.9. The van der Waals surface area contributed by atoms with E-state index in [1.54, 1.807) is 6.92 Å². The first-order valence-electron chi connectivity index (χ1n) is 5.73. The Balaban J connectivity index is 2.35. The average Bonchev–Trinajstić information content (AvgIpc) is 2.39. The topological polar surface area (TPSA) is 78.6 Å². The molecule has 2 rings (SSSR count). The van der Waals surface area contributed by atoms with Crippen molar-refractivity contribution in [1.29, 1.82) is 0 Å². The molecule has 0 aliphatic carbocycles. The maximum Gasteiger partial charge on any atom is 0.270 e. The number of aryl methyl sites for hydroxylation is 1. The van der Waals surface area contributed by atoms with Gasteiger partial charge in [-0.2, -0.15) is 0 Å². The highest BCUT2D eigenvalue weighted by Crippen LogP contribution is 2.22. The van der Waals surface area contributed by atoms with E-state index in [9.17, 15) is 19.6 Å². The van der Waals surface area contributed by atoms with Gasteiger partial charge in [0.15, 0.2) is 0 Å². The highest BCUT2D eigenvalue weighted by Gasteiger charge is 2.05. The molecular weight excluding hydrogens is 263 g/mol. The molecule has 0 aromatic heterocycles. The van der Waals surface area contributed by atoms with Crippen LogP contribution >= 0.6 is 0 Å². The summed E-state index contributed by atoms with van der Waals surface area (Å²) in [7, 11) is 0. The lowest BCUT2D eigenvalue weighted by atomic mass is 10.2. The van der Waals surface area contributed by atoms with E-state index in [0.717, 1.165) is 18.2 Å². The van der Waals surface area contributed by atoms with E-state index in [4.69, 9.17) is 0 Å². The van der Waals surface area contributed by atoms with Gasteiger partial charge in [0.05, 0.1) is 10.6 Å². The van der Waals surface area contributed by atoms with Crippen LogP contribution in [-0.4, -0.2) is 11.1 Å². The molecule has 20 heavy (non-hydrogen) atoms. The Bertz CT molecular complexity index is 699. The summed E-state index contributed by atoms with van der Waals surface area (Å²) >= 11 is 0. The minimum absolute atomic E-state index is 0.114. The van der Waals surface area contributed by atoms with Crippen LogP contribution in [0.1, 0.15) is 11.1 Å². The van der Waals surface area contributed by atoms with Crippen LogP contribution in [0, 0.1) is 22.9 Å². The van der Waals surface area contributed by atoms with Crippen molar-refractivity contribution in [3.8, 4) is 5.75 Å². The van der Waals surface area contributed by atoms with Crippen molar-refractivity contribution in [2.45, 2.75) is 6.92 Å². The van der Waals surface area contributed by atoms with Crippen LogP contribution < -0.4 is 5.11 Å². The summed E-state index contributed by atoms with van der Waals surface area (Å²) in [5.74, 6) is -0.736. The molecule has 0 bridgehead atoms. The van der Waals surface area contributed by atoms with Crippen molar-refractivity contribution < 1.29 is 14.4 Å². The van der Waals surface area contributed by atoms with Crippen LogP contribution in [0.2, 0.25) is 0 Å². The van der Waals surface area contributed by atoms with E-state index in [0.29, 0.717) is 11.3 Å². The molecule has 102 valence electrons. The molecule has 0 amide bonds. The fourth-order valence-corrected chi connectivity index (χ4v) is 1.65. The van der Waals surface area contributed by atoms with Crippen LogP contribution in [0.5, 0.6) is 5.75 Å². The molecule has 0 aliphatic heterocycles. The number of benzene rings is 2. The van der Waals surface area contributed by atoms with Gasteiger partial charge in [0.1, 0.15) is 5.82 Å². The largest absolute Gasteiger partial charge is 0.872 e. The third-order valence-corrected chi connectivity index (χ3v) is 2.71. The van der Waals surface area contributed by atoms with E-state index in [2.05, 4.69) is 4.99 Å². The molecule has 0 aliphatic rings. The number of halogens is 1. The highest BCUT2D eigenvalue weighted by atomic mass is 19.1. The van der Waals surface area contributed by atoms with Crippen molar-refractivity contribution in [2.24, 2.45) is 4.99 Å². The van der Waals surface area contributed by atoms with E-state index in [-0.39, 0.29) is 22.8 Å². The molecule has 2 aromatic rings. The highest BCUT2D eigenvalue weighted by molar-refractivity contribution is 5.86. The summed E-state index contributed by atoms with van der Waals surface area (Å²) in [6.07, 6.45) is 1.25. The van der Waals surface area contributed by atoms with E-state index < -0.39 is 4.92 Å². The Kier molecular flexibility index (Phi) is 3.74. The molecular formula is C14H10FN2O3-. The summed E-state index contributed by atoms with van der Waals surface area (Å²) in [4.78, 5) is 14.1. The summed E-state index contributed by atoms with van der Waals surface area (Å²) in [6.45, 7) is 1.68. The van der Waals surface area contributed by atoms with Gasteiger partial charge >= 0.3 is 0 Å². The number of hydrogen-bond donors (Lipinski definition) is 0. The predicted molar refractivity (Wildman–Crippen MR) is 70.9 cm³/mol. The zero-order valence-electron chi connectivity index (χ0n) is 10.5. The number of non-ortho nitro benzene ring substituents is 1. The van der Waals surface area contributed by atoms with Crippen LogP contribution in [0.4, 0.5) is 15.8 Å². The third-order valence-electron chi connectivity index (χ3n) is 2.71. The number of nitro benzene ring substituents is 1. The molecule has 0 unspecified atom stereocenters. The van der Waals surface area contributed by atoms with E-state index >= 15 is 0 Å². The molecule has 2 aromatic carbocycles. The standard InChI is InChI=1S/C14H11FN2O3/c1-9-6-11(15)2-4-13(9)16-8-10-7-12(17(19)20)3-5-14(10)18/h2-8,18H,1H3/p-1. The van der Waals surface area contributed by atoms with Gasteiger partial charge in [-0.25, -0.2) is 4.39 Å². The SMILES string of the molecule is Cc1cc(F)ccc1N=Cc1cc([N+](=O)[O-])ccc1[O-]. The molecule has 0 heterocycles. The van der Waals surface area contributed by atoms with Gasteiger partial charge in [-0.1, -0.05) is 11.8 Å². The molecule has 0 N–H and O–H groups in total. The van der Waals surface area contributed by atoms with Gasteiger partial charge in [0, 0.05) is 18.3 Å². The lowest BCUT2D eigenvalue weighted by molar-refractivity contribution is -0.385. The first-order valence-corrected chi connectivity index (χ1v) is 5.73. The third kappa shape index (κ3) is 2.97. The Morgan fingerprint density at radius 3 is 2.65 bits per heavy atom. The molecule has 0 atom stereocenters. The smallest absolute Gasteiger partial charge is 0.270 e. The van der Waals surface area contributed by atoms with Gasteiger partial charge < -0.3 is 5.11 Å². The van der Waals surface area contributed by atoms with Crippen molar-refractivity contribution in [3.63, 3.8) is 0 Å². The van der Waals surface area contributed by atoms with Crippen molar-refractivity contribution in [1.82, 2.24) is 0 Å². The van der Waals surface area contributed by atoms with Gasteiger partial charge in [-0.05, 0) is 36.2 Å². The first-order chi connectivity index (χ1) is 9.47. The number of nitro groups is 1. The molecule has 0 spiro atoms.